The Bertz CT molecular complexity index is 476. The molecule has 0 bridgehead atoms. The quantitative estimate of drug-likeness (QED) is 0.407. The molecule has 0 radical (unpaired) electrons. The van der Waals surface area contributed by atoms with Crippen molar-refractivity contribution in [2.75, 3.05) is 5.73 Å². The number of benzene rings is 1. The van der Waals surface area contributed by atoms with Crippen molar-refractivity contribution in [1.29, 1.82) is 0 Å². The van der Waals surface area contributed by atoms with E-state index in [2.05, 4.69) is 52.5 Å². The molecule has 0 saturated carbocycles. The highest BCUT2D eigenvalue weighted by Gasteiger charge is 2.42. The molecule has 0 saturated heterocycles. The average Bonchev–Trinajstić information content (AvgIpc) is 2.19. The van der Waals surface area contributed by atoms with Crippen LogP contribution in [0.15, 0.2) is 19.5 Å². The van der Waals surface area contributed by atoms with E-state index >= 15 is 0 Å². The molecule has 94 valence electrons. The number of hydrogen-bond acceptors (Lipinski definition) is 3. The Morgan fingerprint density at radius 1 is 1.24 bits per heavy atom. The lowest BCUT2D eigenvalue weighted by Gasteiger charge is -2.12. The van der Waals surface area contributed by atoms with Crippen molar-refractivity contribution >= 4 is 59.4 Å². The number of nitrogen functional groups attached to an aromatic ring is 1. The maximum atomic E-state index is 12.0. The Hall–Kier alpha value is -0.280. The van der Waals surface area contributed by atoms with Gasteiger partial charge in [0.2, 0.25) is 0 Å². The molecule has 0 aliphatic carbocycles. The molecule has 1 aromatic rings. The monoisotopic (exact) mass is 439 g/mol. The highest BCUT2D eigenvalue weighted by atomic mass is 79.9. The maximum absolute atomic E-state index is 12.0. The molecule has 0 fully saturated rings. The fourth-order valence-corrected chi connectivity index (χ4v) is 3.11. The maximum Gasteiger partial charge on any atom is 0.491 e. The van der Waals surface area contributed by atoms with Crippen LogP contribution in [0.4, 0.5) is 18.9 Å². The first-order valence-corrected chi connectivity index (χ1v) is 6.24. The summed E-state index contributed by atoms with van der Waals surface area (Å²) in [6.07, 6.45) is -5.07. The van der Waals surface area contributed by atoms with Crippen molar-refractivity contribution in [3.8, 4) is 5.75 Å². The highest BCUT2D eigenvalue weighted by Crippen LogP contribution is 2.42. The fourth-order valence-electron chi connectivity index (χ4n) is 0.831. The van der Waals surface area contributed by atoms with E-state index in [1.54, 1.807) is 0 Å². The van der Waals surface area contributed by atoms with Gasteiger partial charge in [0.25, 0.3) is 0 Å². The molecule has 0 unspecified atom stereocenters. The van der Waals surface area contributed by atoms with E-state index in [9.17, 15) is 18.0 Å². The summed E-state index contributed by atoms with van der Waals surface area (Å²) in [6.45, 7) is 0. The second kappa shape index (κ2) is 5.15. The summed E-state index contributed by atoms with van der Waals surface area (Å²) in [6, 6.07) is 1.37. The third kappa shape index (κ3) is 3.35. The van der Waals surface area contributed by atoms with Crippen LogP contribution in [0, 0.1) is 0 Å². The van der Waals surface area contributed by atoms with Crippen LogP contribution in [-0.4, -0.2) is 12.1 Å². The molecule has 0 amide bonds. The Morgan fingerprint density at radius 2 is 1.76 bits per heavy atom. The number of halogens is 6. The van der Waals surface area contributed by atoms with Crippen LogP contribution in [0.25, 0.3) is 0 Å². The molecule has 9 heteroatoms. The summed E-state index contributed by atoms with van der Waals surface area (Å²) >= 11 is 9.00. The molecule has 2 N–H and O–H groups in total. The molecule has 0 atom stereocenters. The molecule has 1 aromatic carbocycles. The van der Waals surface area contributed by atoms with Gasteiger partial charge < -0.3 is 10.5 Å². The Labute approximate surface area is 119 Å². The summed E-state index contributed by atoms with van der Waals surface area (Å²) < 4.78 is 41.0. The van der Waals surface area contributed by atoms with Crippen LogP contribution in [0.2, 0.25) is 0 Å². The first-order valence-electron chi connectivity index (χ1n) is 3.86. The third-order valence-corrected chi connectivity index (χ3v) is 3.62. The largest absolute Gasteiger partial charge is 0.491 e. The first kappa shape index (κ1) is 14.8. The van der Waals surface area contributed by atoms with Crippen LogP contribution >= 0.6 is 47.8 Å². The van der Waals surface area contributed by atoms with E-state index in [0.29, 0.717) is 4.47 Å². The summed E-state index contributed by atoms with van der Waals surface area (Å²) in [5, 5.41) is 0. The van der Waals surface area contributed by atoms with Crippen molar-refractivity contribution in [3.63, 3.8) is 0 Å². The van der Waals surface area contributed by atoms with Crippen molar-refractivity contribution in [3.05, 3.63) is 19.5 Å². The summed E-state index contributed by atoms with van der Waals surface area (Å²) in [5.74, 6) is -2.64. The molecule has 0 aliphatic rings. The van der Waals surface area contributed by atoms with Crippen molar-refractivity contribution in [2.24, 2.45) is 0 Å². The molecule has 1 rings (SSSR count). The number of rotatable bonds is 1. The Kier molecular flexibility index (Phi) is 4.48. The van der Waals surface area contributed by atoms with Gasteiger partial charge in [-0.05, 0) is 53.9 Å². The molecule has 0 aromatic heterocycles. The van der Waals surface area contributed by atoms with Crippen molar-refractivity contribution < 1.29 is 22.7 Å². The summed E-state index contributed by atoms with van der Waals surface area (Å²) in [5.41, 5.74) is 5.67. The van der Waals surface area contributed by atoms with Crippen LogP contribution in [-0.2, 0) is 4.79 Å². The van der Waals surface area contributed by atoms with Gasteiger partial charge in [-0.25, -0.2) is 4.79 Å². The van der Waals surface area contributed by atoms with E-state index in [1.165, 1.54) is 6.07 Å². The van der Waals surface area contributed by atoms with Crippen molar-refractivity contribution in [1.82, 2.24) is 0 Å². The zero-order valence-corrected chi connectivity index (χ0v) is 12.5. The molecular formula is C8H3Br3F3NO2. The predicted molar refractivity (Wildman–Crippen MR) is 65.6 cm³/mol. The summed E-state index contributed by atoms with van der Waals surface area (Å²) in [7, 11) is 0. The zero-order chi connectivity index (χ0) is 13.4. The molecule has 0 heterocycles. The number of carbonyl (C=O) groups excluding carboxylic acids is 1. The van der Waals surface area contributed by atoms with Crippen LogP contribution < -0.4 is 10.5 Å². The van der Waals surface area contributed by atoms with Gasteiger partial charge in [-0.3, -0.25) is 0 Å². The van der Waals surface area contributed by atoms with Crippen LogP contribution in [0.5, 0.6) is 5.75 Å². The van der Waals surface area contributed by atoms with Gasteiger partial charge in [-0.1, -0.05) is 0 Å². The highest BCUT2D eigenvalue weighted by molar-refractivity contribution is 9.11. The lowest BCUT2D eigenvalue weighted by molar-refractivity contribution is -0.189. The van der Waals surface area contributed by atoms with Crippen LogP contribution in [0.1, 0.15) is 0 Å². The van der Waals surface area contributed by atoms with Crippen LogP contribution in [0.3, 0.4) is 0 Å². The number of esters is 1. The number of alkyl halides is 3. The van der Waals surface area contributed by atoms with Gasteiger partial charge in [0.15, 0.2) is 5.75 Å². The van der Waals surface area contributed by atoms with E-state index in [4.69, 9.17) is 5.73 Å². The normalized spacial score (nSPS) is 11.4. The Balaban J connectivity index is 3.17. The third-order valence-electron chi connectivity index (χ3n) is 1.59. The zero-order valence-electron chi connectivity index (χ0n) is 7.74. The second-order valence-electron chi connectivity index (χ2n) is 2.78. The number of anilines is 1. The topological polar surface area (TPSA) is 52.3 Å². The number of carbonyl (C=O) groups is 1. The van der Waals surface area contributed by atoms with E-state index in [1.807, 2.05) is 0 Å². The molecule has 17 heavy (non-hydrogen) atoms. The van der Waals surface area contributed by atoms with Crippen molar-refractivity contribution in [2.45, 2.75) is 6.18 Å². The van der Waals surface area contributed by atoms with E-state index in [-0.39, 0.29) is 20.4 Å². The predicted octanol–water partition coefficient (Wildman–Crippen LogP) is 4.02. The number of ether oxygens (including phenoxy) is 1. The van der Waals surface area contributed by atoms with Gasteiger partial charge in [0.05, 0.1) is 14.6 Å². The Morgan fingerprint density at radius 3 is 2.24 bits per heavy atom. The lowest BCUT2D eigenvalue weighted by atomic mass is 10.3. The fraction of sp³-hybridized carbons (Fsp3) is 0.125. The molecular weight excluding hydrogens is 439 g/mol. The smallest absolute Gasteiger partial charge is 0.417 e. The van der Waals surface area contributed by atoms with Gasteiger partial charge >= 0.3 is 12.1 Å². The molecule has 0 spiro atoms. The SMILES string of the molecule is Nc1c(Br)cc(Br)c(OC(=O)C(F)(F)F)c1Br. The lowest BCUT2D eigenvalue weighted by Crippen LogP contribution is -2.28. The van der Waals surface area contributed by atoms with E-state index < -0.39 is 12.1 Å². The number of nitrogens with two attached hydrogens (primary N) is 1. The van der Waals surface area contributed by atoms with Gasteiger partial charge in [-0.2, -0.15) is 13.2 Å². The molecule has 3 nitrogen and oxygen atoms in total. The first-order chi connectivity index (χ1) is 7.64. The standard InChI is InChI=1S/C8H3Br3F3NO2/c9-2-1-3(10)6(4(11)5(2)15)17-7(16)8(12,13)14/h1H,15H2. The van der Waals surface area contributed by atoms with Gasteiger partial charge in [-0.15, -0.1) is 0 Å². The number of hydrogen-bond donors (Lipinski definition) is 1. The van der Waals surface area contributed by atoms with Gasteiger partial charge in [0.1, 0.15) is 0 Å². The molecule has 0 aliphatic heterocycles. The van der Waals surface area contributed by atoms with Gasteiger partial charge in [0, 0.05) is 4.47 Å². The summed E-state index contributed by atoms with van der Waals surface area (Å²) in [4.78, 5) is 10.7. The second-order valence-corrected chi connectivity index (χ2v) is 5.29. The van der Waals surface area contributed by atoms with E-state index in [0.717, 1.165) is 0 Å². The average molecular weight is 442 g/mol. The minimum Gasteiger partial charge on any atom is -0.417 e. The minimum absolute atomic E-state index is 0.0522. The minimum atomic E-state index is -5.07.